The van der Waals surface area contributed by atoms with Gasteiger partial charge in [0.2, 0.25) is 0 Å². The molecule has 1 aromatic carbocycles. The summed E-state index contributed by atoms with van der Waals surface area (Å²) in [6, 6.07) is 9.42. The van der Waals surface area contributed by atoms with Crippen molar-refractivity contribution >= 4 is 17.1 Å². The molecule has 0 saturated carbocycles. The molecule has 0 radical (unpaired) electrons. The maximum Gasteiger partial charge on any atom is 0.356 e. The molecule has 1 N–H and O–H groups in total. The maximum atomic E-state index is 12.7. The normalized spacial score (nSPS) is 11.2. The van der Waals surface area contributed by atoms with Gasteiger partial charge in [-0.2, -0.15) is 5.10 Å². The van der Waals surface area contributed by atoms with Crippen LogP contribution in [0.5, 0.6) is 0 Å². The minimum absolute atomic E-state index is 0.0523. The Morgan fingerprint density at radius 1 is 1.16 bits per heavy atom. The average molecular weight is 422 g/mol. The zero-order chi connectivity index (χ0) is 22.1. The fraction of sp³-hybridized carbons (Fsp3) is 0.286. The molecule has 0 saturated heterocycles. The summed E-state index contributed by atoms with van der Waals surface area (Å²) in [7, 11) is 3.26. The first-order chi connectivity index (χ1) is 14.9. The van der Waals surface area contributed by atoms with Crippen LogP contribution in [0, 0.1) is 6.92 Å². The molecule has 31 heavy (non-hydrogen) atoms. The van der Waals surface area contributed by atoms with Crippen LogP contribution in [0.15, 0.2) is 46.2 Å². The van der Waals surface area contributed by atoms with Gasteiger partial charge in [-0.1, -0.05) is 29.8 Å². The Morgan fingerprint density at radius 3 is 2.65 bits per heavy atom. The van der Waals surface area contributed by atoms with Crippen molar-refractivity contribution in [3.8, 4) is 11.3 Å². The predicted octanol–water partition coefficient (Wildman–Crippen LogP) is 1.38. The number of hydrogen-bond donors (Lipinski definition) is 1. The van der Waals surface area contributed by atoms with E-state index in [-0.39, 0.29) is 18.8 Å². The van der Waals surface area contributed by atoms with Crippen molar-refractivity contribution in [2.75, 3.05) is 6.61 Å². The molecule has 0 amide bonds. The Labute approximate surface area is 176 Å². The highest BCUT2D eigenvalue weighted by atomic mass is 16.5. The second-order valence-electron chi connectivity index (χ2n) is 7.35. The van der Waals surface area contributed by atoms with Gasteiger partial charge in [0.05, 0.1) is 18.6 Å². The van der Waals surface area contributed by atoms with Crippen molar-refractivity contribution in [2.45, 2.75) is 19.9 Å². The lowest BCUT2D eigenvalue weighted by Crippen LogP contribution is -2.39. The number of nitrogens with zero attached hydrogens (tertiary/aromatic N) is 5. The van der Waals surface area contributed by atoms with Gasteiger partial charge in [0.25, 0.3) is 5.56 Å². The Kier molecular flexibility index (Phi) is 5.28. The highest BCUT2D eigenvalue weighted by molar-refractivity contribution is 5.88. The van der Waals surface area contributed by atoms with E-state index in [4.69, 9.17) is 4.74 Å². The highest BCUT2D eigenvalue weighted by Gasteiger charge is 2.16. The average Bonchev–Trinajstić information content (AvgIpc) is 3.39. The van der Waals surface area contributed by atoms with Crippen molar-refractivity contribution in [2.24, 2.45) is 14.1 Å². The first-order valence-electron chi connectivity index (χ1n) is 9.77. The summed E-state index contributed by atoms with van der Waals surface area (Å²) in [5.41, 5.74) is 2.71. The van der Waals surface area contributed by atoms with Crippen LogP contribution in [0.1, 0.15) is 22.5 Å². The van der Waals surface area contributed by atoms with Gasteiger partial charge in [0, 0.05) is 26.2 Å². The molecule has 3 aromatic heterocycles. The molecule has 4 aromatic rings. The van der Waals surface area contributed by atoms with Crippen LogP contribution in [0.3, 0.4) is 0 Å². The lowest BCUT2D eigenvalue weighted by atomic mass is 10.1. The van der Waals surface area contributed by atoms with E-state index in [2.05, 4.69) is 15.2 Å². The Hall–Kier alpha value is -3.95. The number of aromatic amines is 1. The third-order valence-corrected chi connectivity index (χ3v) is 5.11. The fourth-order valence-electron chi connectivity index (χ4n) is 3.36. The Balaban J connectivity index is 1.40. The van der Waals surface area contributed by atoms with Gasteiger partial charge in [-0.15, -0.1) is 0 Å². The SMILES string of the molecule is Cc1ccc(-c2cc(C(=O)OCCCn3c(=O)c4c(ncn4C)n(C)c3=O)[nH]n2)cc1. The molecule has 0 atom stereocenters. The van der Waals surface area contributed by atoms with Crippen molar-refractivity contribution in [1.82, 2.24) is 28.9 Å². The molecule has 0 aliphatic carbocycles. The summed E-state index contributed by atoms with van der Waals surface area (Å²) in [4.78, 5) is 41.5. The predicted molar refractivity (Wildman–Crippen MR) is 114 cm³/mol. The molecule has 0 spiro atoms. The van der Waals surface area contributed by atoms with Gasteiger partial charge >= 0.3 is 11.7 Å². The lowest BCUT2D eigenvalue weighted by Gasteiger charge is -2.08. The number of aryl methyl sites for hydroxylation is 3. The fourth-order valence-corrected chi connectivity index (χ4v) is 3.36. The number of carbonyl (C=O) groups excluding carboxylic acids is 1. The number of carbonyl (C=O) groups is 1. The van der Waals surface area contributed by atoms with Crippen LogP contribution >= 0.6 is 0 Å². The smallest absolute Gasteiger partial charge is 0.356 e. The van der Waals surface area contributed by atoms with Gasteiger partial charge in [-0.05, 0) is 19.4 Å². The molecule has 160 valence electrons. The summed E-state index contributed by atoms with van der Waals surface area (Å²) in [6.45, 7) is 2.17. The van der Waals surface area contributed by atoms with Gasteiger partial charge in [-0.3, -0.25) is 19.0 Å². The number of rotatable bonds is 6. The molecular formula is C21H22N6O4. The van der Waals surface area contributed by atoms with E-state index in [1.54, 1.807) is 24.7 Å². The quantitative estimate of drug-likeness (QED) is 0.371. The standard InChI is InChI=1S/C21H22N6O4/c1-13-5-7-14(8-6-13)15-11-16(24-23-15)20(29)31-10-4-9-27-19(28)17-18(22-12-25(17)2)26(3)21(27)30/h5-8,11-12H,4,9-10H2,1-3H3,(H,23,24). The largest absolute Gasteiger partial charge is 0.461 e. The molecule has 0 fully saturated rings. The van der Waals surface area contributed by atoms with Crippen LogP contribution < -0.4 is 11.2 Å². The molecule has 0 bridgehead atoms. The zero-order valence-electron chi connectivity index (χ0n) is 17.5. The molecule has 0 aliphatic heterocycles. The van der Waals surface area contributed by atoms with E-state index < -0.39 is 17.2 Å². The number of nitrogens with one attached hydrogen (secondary N) is 1. The minimum Gasteiger partial charge on any atom is -0.461 e. The van der Waals surface area contributed by atoms with Crippen LogP contribution in [-0.4, -0.2) is 41.5 Å². The summed E-state index contributed by atoms with van der Waals surface area (Å²) in [5.74, 6) is -0.548. The van der Waals surface area contributed by atoms with E-state index in [0.717, 1.165) is 15.7 Å². The second-order valence-corrected chi connectivity index (χ2v) is 7.35. The number of aromatic nitrogens is 6. The first kappa shape index (κ1) is 20.3. The van der Waals surface area contributed by atoms with Crippen LogP contribution in [-0.2, 0) is 25.4 Å². The highest BCUT2D eigenvalue weighted by Crippen LogP contribution is 2.18. The number of benzene rings is 1. The molecular weight excluding hydrogens is 400 g/mol. The zero-order valence-corrected chi connectivity index (χ0v) is 17.5. The van der Waals surface area contributed by atoms with E-state index in [1.165, 1.54) is 10.9 Å². The second kappa shape index (κ2) is 8.05. The number of esters is 1. The van der Waals surface area contributed by atoms with Gasteiger partial charge in [0.1, 0.15) is 5.69 Å². The third-order valence-electron chi connectivity index (χ3n) is 5.11. The number of imidazole rings is 1. The third kappa shape index (κ3) is 3.79. The van der Waals surface area contributed by atoms with E-state index in [9.17, 15) is 14.4 Å². The number of fused-ring (bicyclic) bond motifs is 1. The van der Waals surface area contributed by atoms with Crippen molar-refractivity contribution < 1.29 is 9.53 Å². The molecule has 10 heteroatoms. The molecule has 3 heterocycles. The molecule has 0 unspecified atom stereocenters. The summed E-state index contributed by atoms with van der Waals surface area (Å²) in [5, 5.41) is 6.84. The van der Waals surface area contributed by atoms with E-state index in [1.807, 2.05) is 31.2 Å². The van der Waals surface area contributed by atoms with Crippen LogP contribution in [0.4, 0.5) is 0 Å². The number of hydrogen-bond acceptors (Lipinski definition) is 6. The van der Waals surface area contributed by atoms with Crippen molar-refractivity contribution in [1.29, 1.82) is 0 Å². The van der Waals surface area contributed by atoms with Crippen molar-refractivity contribution in [3.63, 3.8) is 0 Å². The molecule has 4 rings (SSSR count). The summed E-state index contributed by atoms with van der Waals surface area (Å²) in [6.07, 6.45) is 1.80. The monoisotopic (exact) mass is 422 g/mol. The van der Waals surface area contributed by atoms with Crippen molar-refractivity contribution in [3.05, 3.63) is 68.8 Å². The molecule has 10 nitrogen and oxygen atoms in total. The first-order valence-corrected chi connectivity index (χ1v) is 9.77. The topological polar surface area (TPSA) is 117 Å². The summed E-state index contributed by atoms with van der Waals surface area (Å²) >= 11 is 0. The van der Waals surface area contributed by atoms with Crippen LogP contribution in [0.25, 0.3) is 22.4 Å². The van der Waals surface area contributed by atoms with Gasteiger partial charge in [-0.25, -0.2) is 14.6 Å². The Morgan fingerprint density at radius 2 is 1.90 bits per heavy atom. The number of ether oxygens (including phenoxy) is 1. The minimum atomic E-state index is -0.548. The lowest BCUT2D eigenvalue weighted by molar-refractivity contribution is 0.0488. The van der Waals surface area contributed by atoms with Crippen LogP contribution in [0.2, 0.25) is 0 Å². The maximum absolute atomic E-state index is 12.7. The molecule has 0 aliphatic rings. The van der Waals surface area contributed by atoms with E-state index in [0.29, 0.717) is 23.3 Å². The van der Waals surface area contributed by atoms with E-state index >= 15 is 0 Å². The summed E-state index contributed by atoms with van der Waals surface area (Å²) < 4.78 is 9.32. The number of H-pyrrole nitrogens is 1. The Bertz CT molecular complexity index is 1370. The van der Waals surface area contributed by atoms with Gasteiger partial charge < -0.3 is 9.30 Å². The van der Waals surface area contributed by atoms with Gasteiger partial charge in [0.15, 0.2) is 11.2 Å².